The topological polar surface area (TPSA) is 53.7 Å². The van der Waals surface area contributed by atoms with Gasteiger partial charge in [0.15, 0.2) is 0 Å². The second-order valence-corrected chi connectivity index (χ2v) is 7.85. The Hall–Kier alpha value is -1.26. The highest BCUT2D eigenvalue weighted by atomic mass is 16.5. The van der Waals surface area contributed by atoms with Gasteiger partial charge in [-0.1, -0.05) is 96.1 Å². The molecule has 2 N–H and O–H groups in total. The molecule has 0 amide bonds. The molecule has 0 radical (unpaired) electrons. The van der Waals surface area contributed by atoms with Crippen molar-refractivity contribution >= 4 is 5.69 Å². The van der Waals surface area contributed by atoms with Crippen molar-refractivity contribution in [2.24, 2.45) is 0 Å². The van der Waals surface area contributed by atoms with Crippen molar-refractivity contribution in [1.82, 2.24) is 0 Å². The molecule has 0 saturated carbocycles. The quantitative estimate of drug-likeness (QED) is 0.180. The number of benzene rings is 1. The van der Waals surface area contributed by atoms with E-state index in [4.69, 9.17) is 19.9 Å². The van der Waals surface area contributed by atoms with E-state index in [1.54, 1.807) is 0 Å². The molecule has 4 heteroatoms. The van der Waals surface area contributed by atoms with Crippen LogP contribution in [0, 0.1) is 0 Å². The van der Waals surface area contributed by atoms with Gasteiger partial charge in [0.25, 0.3) is 0 Å². The molecule has 0 fully saturated rings. The first-order valence-corrected chi connectivity index (χ1v) is 12.0. The number of nitrogen functional groups attached to an aromatic ring is 1. The molecule has 0 aliphatic heterocycles. The molecule has 0 spiro atoms. The molecule has 0 aromatic heterocycles. The van der Waals surface area contributed by atoms with E-state index in [9.17, 15) is 0 Å². The standard InChI is InChI=1S/C25H45NO3/c1-2-3-4-5-6-7-8-9-10-11-12-13-16-19-27-20-21-28-22-23-29-25-18-15-14-17-24(25)26/h14-15,17-18H,2-13,16,19-23,26H2,1H3. The Morgan fingerprint density at radius 2 is 1.07 bits per heavy atom. The minimum atomic E-state index is 0.507. The van der Waals surface area contributed by atoms with Crippen LogP contribution in [-0.4, -0.2) is 33.0 Å². The monoisotopic (exact) mass is 407 g/mol. The third-order valence-corrected chi connectivity index (χ3v) is 5.17. The van der Waals surface area contributed by atoms with E-state index in [1.807, 2.05) is 24.3 Å². The van der Waals surface area contributed by atoms with Crippen LogP contribution in [0.25, 0.3) is 0 Å². The van der Waals surface area contributed by atoms with Crippen molar-refractivity contribution in [2.45, 2.75) is 90.4 Å². The predicted molar refractivity (Wildman–Crippen MR) is 124 cm³/mol. The van der Waals surface area contributed by atoms with Crippen LogP contribution in [0.3, 0.4) is 0 Å². The molecule has 4 nitrogen and oxygen atoms in total. The van der Waals surface area contributed by atoms with Crippen LogP contribution in [0.1, 0.15) is 90.4 Å². The van der Waals surface area contributed by atoms with Gasteiger partial charge < -0.3 is 19.9 Å². The minimum Gasteiger partial charge on any atom is -0.489 e. The van der Waals surface area contributed by atoms with Gasteiger partial charge in [0.2, 0.25) is 0 Å². The largest absolute Gasteiger partial charge is 0.489 e. The van der Waals surface area contributed by atoms with E-state index in [-0.39, 0.29) is 0 Å². The van der Waals surface area contributed by atoms with E-state index in [0.29, 0.717) is 32.1 Å². The molecule has 0 bridgehead atoms. The molecule has 1 aromatic carbocycles. The van der Waals surface area contributed by atoms with Crippen LogP contribution in [-0.2, 0) is 9.47 Å². The van der Waals surface area contributed by atoms with Crippen LogP contribution in [0.15, 0.2) is 24.3 Å². The summed E-state index contributed by atoms with van der Waals surface area (Å²) in [7, 11) is 0. The number of ether oxygens (including phenoxy) is 3. The fraction of sp³-hybridized carbons (Fsp3) is 0.760. The Balaban J connectivity index is 1.70. The first-order chi connectivity index (χ1) is 14.3. The van der Waals surface area contributed by atoms with Crippen molar-refractivity contribution in [2.75, 3.05) is 38.8 Å². The normalized spacial score (nSPS) is 11.1. The lowest BCUT2D eigenvalue weighted by atomic mass is 10.0. The molecular formula is C25H45NO3. The van der Waals surface area contributed by atoms with Gasteiger partial charge in [0.05, 0.1) is 25.5 Å². The summed E-state index contributed by atoms with van der Waals surface area (Å²) in [6.07, 6.45) is 17.9. The third-order valence-electron chi connectivity index (χ3n) is 5.17. The van der Waals surface area contributed by atoms with Gasteiger partial charge in [-0.2, -0.15) is 0 Å². The highest BCUT2D eigenvalue weighted by molar-refractivity contribution is 5.51. The zero-order valence-electron chi connectivity index (χ0n) is 18.8. The van der Waals surface area contributed by atoms with Crippen LogP contribution in [0.5, 0.6) is 5.75 Å². The summed E-state index contributed by atoms with van der Waals surface area (Å²) in [4.78, 5) is 0. The summed E-state index contributed by atoms with van der Waals surface area (Å²) in [5, 5.41) is 0. The summed E-state index contributed by atoms with van der Waals surface area (Å²) >= 11 is 0. The van der Waals surface area contributed by atoms with Crippen LogP contribution >= 0.6 is 0 Å². The van der Waals surface area contributed by atoms with Gasteiger partial charge in [0, 0.05) is 6.61 Å². The lowest BCUT2D eigenvalue weighted by molar-refractivity contribution is 0.0353. The molecule has 1 rings (SSSR count). The number of hydrogen-bond acceptors (Lipinski definition) is 4. The molecular weight excluding hydrogens is 362 g/mol. The number of anilines is 1. The smallest absolute Gasteiger partial charge is 0.142 e. The summed E-state index contributed by atoms with van der Waals surface area (Å²) in [5.41, 5.74) is 6.48. The fourth-order valence-electron chi connectivity index (χ4n) is 3.37. The number of hydrogen-bond donors (Lipinski definition) is 1. The second-order valence-electron chi connectivity index (χ2n) is 7.85. The highest BCUT2D eigenvalue weighted by Gasteiger charge is 1.98. The average Bonchev–Trinajstić information content (AvgIpc) is 2.73. The van der Waals surface area contributed by atoms with E-state index in [1.165, 1.54) is 77.0 Å². The minimum absolute atomic E-state index is 0.507. The molecule has 0 atom stereocenters. The Bertz CT molecular complexity index is 467. The maximum absolute atomic E-state index is 5.82. The Kier molecular flexibility index (Phi) is 17.8. The first-order valence-electron chi connectivity index (χ1n) is 12.0. The van der Waals surface area contributed by atoms with Crippen molar-refractivity contribution in [3.05, 3.63) is 24.3 Å². The number of rotatable bonds is 21. The van der Waals surface area contributed by atoms with Crippen molar-refractivity contribution < 1.29 is 14.2 Å². The third kappa shape index (κ3) is 16.2. The molecule has 29 heavy (non-hydrogen) atoms. The molecule has 0 aliphatic carbocycles. The van der Waals surface area contributed by atoms with E-state index in [0.717, 1.165) is 18.8 Å². The second kappa shape index (κ2) is 20.0. The van der Waals surface area contributed by atoms with Gasteiger partial charge >= 0.3 is 0 Å². The Labute approximate surface area is 179 Å². The Morgan fingerprint density at radius 3 is 1.66 bits per heavy atom. The molecule has 168 valence electrons. The molecule has 0 aliphatic rings. The molecule has 0 heterocycles. The number of nitrogens with two attached hydrogens (primary N) is 1. The number of para-hydroxylation sites is 2. The maximum Gasteiger partial charge on any atom is 0.142 e. The van der Waals surface area contributed by atoms with Crippen LogP contribution in [0.4, 0.5) is 5.69 Å². The summed E-state index contributed by atoms with van der Waals surface area (Å²) in [5.74, 6) is 0.717. The summed E-state index contributed by atoms with van der Waals surface area (Å²) < 4.78 is 16.7. The van der Waals surface area contributed by atoms with Crippen molar-refractivity contribution in [3.8, 4) is 5.75 Å². The highest BCUT2D eigenvalue weighted by Crippen LogP contribution is 2.19. The van der Waals surface area contributed by atoms with E-state index >= 15 is 0 Å². The van der Waals surface area contributed by atoms with Crippen molar-refractivity contribution in [1.29, 1.82) is 0 Å². The van der Waals surface area contributed by atoms with Gasteiger partial charge in [0.1, 0.15) is 12.4 Å². The zero-order chi connectivity index (χ0) is 20.8. The summed E-state index contributed by atoms with van der Waals surface area (Å²) in [6, 6.07) is 7.51. The van der Waals surface area contributed by atoms with E-state index in [2.05, 4.69) is 6.92 Å². The van der Waals surface area contributed by atoms with Crippen molar-refractivity contribution in [3.63, 3.8) is 0 Å². The molecule has 0 saturated heterocycles. The number of unbranched alkanes of at least 4 members (excludes halogenated alkanes) is 12. The van der Waals surface area contributed by atoms with Gasteiger partial charge in [-0.25, -0.2) is 0 Å². The lowest BCUT2D eigenvalue weighted by Gasteiger charge is -2.09. The lowest BCUT2D eigenvalue weighted by Crippen LogP contribution is -2.11. The predicted octanol–water partition coefficient (Wildman–Crippen LogP) is 6.77. The van der Waals surface area contributed by atoms with Gasteiger partial charge in [-0.3, -0.25) is 0 Å². The van der Waals surface area contributed by atoms with Gasteiger partial charge in [-0.15, -0.1) is 0 Å². The van der Waals surface area contributed by atoms with Crippen LogP contribution in [0.2, 0.25) is 0 Å². The SMILES string of the molecule is CCCCCCCCCCCCCCCOCCOCCOc1ccccc1N. The molecule has 0 unspecified atom stereocenters. The van der Waals surface area contributed by atoms with E-state index < -0.39 is 0 Å². The zero-order valence-corrected chi connectivity index (χ0v) is 18.8. The maximum atomic E-state index is 5.82. The van der Waals surface area contributed by atoms with Crippen LogP contribution < -0.4 is 10.5 Å². The summed E-state index contributed by atoms with van der Waals surface area (Å²) in [6.45, 7) is 5.46. The average molecular weight is 408 g/mol. The Morgan fingerprint density at radius 1 is 0.586 bits per heavy atom. The molecule has 1 aromatic rings. The van der Waals surface area contributed by atoms with Gasteiger partial charge in [-0.05, 0) is 18.6 Å². The fourth-order valence-corrected chi connectivity index (χ4v) is 3.37. The first kappa shape index (κ1) is 25.8.